The van der Waals surface area contributed by atoms with Gasteiger partial charge in [0, 0.05) is 17.7 Å². The molecular formula is C13H15NO3. The maximum atomic E-state index is 11.5. The van der Waals surface area contributed by atoms with Crippen LogP contribution in [0, 0.1) is 5.92 Å². The summed E-state index contributed by atoms with van der Waals surface area (Å²) in [5, 5.41) is 11.3. The fourth-order valence-corrected chi connectivity index (χ4v) is 1.17. The van der Waals surface area contributed by atoms with Crippen LogP contribution in [0.25, 0.3) is 6.08 Å². The molecule has 0 bridgehead atoms. The Balaban J connectivity index is 2.79. The zero-order chi connectivity index (χ0) is 12.8. The molecule has 1 aromatic rings. The van der Waals surface area contributed by atoms with E-state index in [-0.39, 0.29) is 11.8 Å². The van der Waals surface area contributed by atoms with Gasteiger partial charge in [0.2, 0.25) is 5.91 Å². The van der Waals surface area contributed by atoms with Crippen molar-refractivity contribution in [1.82, 2.24) is 0 Å². The summed E-state index contributed by atoms with van der Waals surface area (Å²) in [6, 6.07) is 7.01. The van der Waals surface area contributed by atoms with Crippen molar-refractivity contribution in [1.29, 1.82) is 0 Å². The molecule has 0 aliphatic carbocycles. The largest absolute Gasteiger partial charge is 0.478 e. The number of aliphatic carboxylic acids is 1. The number of amides is 1. The minimum absolute atomic E-state index is 0.0654. The zero-order valence-corrected chi connectivity index (χ0v) is 9.81. The molecule has 0 saturated carbocycles. The van der Waals surface area contributed by atoms with Gasteiger partial charge in [0.1, 0.15) is 0 Å². The predicted molar refractivity (Wildman–Crippen MR) is 66.6 cm³/mol. The topological polar surface area (TPSA) is 66.4 Å². The molecule has 0 spiro atoms. The van der Waals surface area contributed by atoms with Crippen molar-refractivity contribution in [3.05, 3.63) is 35.9 Å². The van der Waals surface area contributed by atoms with Gasteiger partial charge in [0.15, 0.2) is 0 Å². The number of hydrogen-bond acceptors (Lipinski definition) is 2. The van der Waals surface area contributed by atoms with E-state index < -0.39 is 5.97 Å². The first kappa shape index (κ1) is 13.0. The summed E-state index contributed by atoms with van der Waals surface area (Å²) in [6.45, 7) is 3.62. The van der Waals surface area contributed by atoms with Gasteiger partial charge in [0.05, 0.1) is 0 Å². The molecule has 0 atom stereocenters. The molecule has 4 heteroatoms. The molecule has 17 heavy (non-hydrogen) atoms. The Morgan fingerprint density at radius 3 is 2.65 bits per heavy atom. The average Bonchev–Trinajstić information content (AvgIpc) is 2.26. The van der Waals surface area contributed by atoms with Crippen molar-refractivity contribution in [2.75, 3.05) is 5.32 Å². The van der Waals surface area contributed by atoms with Gasteiger partial charge < -0.3 is 10.4 Å². The highest BCUT2D eigenvalue weighted by Crippen LogP contribution is 2.13. The minimum Gasteiger partial charge on any atom is -0.478 e. The van der Waals surface area contributed by atoms with E-state index in [0.29, 0.717) is 5.69 Å². The van der Waals surface area contributed by atoms with Crippen molar-refractivity contribution >= 4 is 23.6 Å². The standard InChI is InChI=1S/C13H15NO3/c1-9(2)13(17)14-11-5-3-4-10(8-11)6-7-12(15)16/h3-9H,1-2H3,(H,14,17)(H,15,16). The number of carbonyl (C=O) groups excluding carboxylic acids is 1. The number of benzene rings is 1. The summed E-state index contributed by atoms with van der Waals surface area (Å²) in [4.78, 5) is 21.8. The lowest BCUT2D eigenvalue weighted by Crippen LogP contribution is -2.17. The van der Waals surface area contributed by atoms with Gasteiger partial charge in [-0.25, -0.2) is 4.79 Å². The SMILES string of the molecule is CC(C)C(=O)Nc1cccc(C=CC(=O)O)c1. The average molecular weight is 233 g/mol. The Hall–Kier alpha value is -2.10. The number of rotatable bonds is 4. The van der Waals surface area contributed by atoms with E-state index in [1.54, 1.807) is 24.3 Å². The van der Waals surface area contributed by atoms with Crippen LogP contribution in [0.5, 0.6) is 0 Å². The Labute approximate surface area is 100.0 Å². The minimum atomic E-state index is -0.999. The van der Waals surface area contributed by atoms with E-state index in [1.807, 2.05) is 13.8 Å². The zero-order valence-electron chi connectivity index (χ0n) is 9.81. The maximum absolute atomic E-state index is 11.5. The summed E-state index contributed by atoms with van der Waals surface area (Å²) in [5.74, 6) is -1.15. The molecule has 0 aliphatic rings. The molecule has 1 aromatic carbocycles. The van der Waals surface area contributed by atoms with Crippen molar-refractivity contribution in [3.8, 4) is 0 Å². The summed E-state index contributed by atoms with van der Waals surface area (Å²) in [6.07, 6.45) is 2.54. The second-order valence-corrected chi connectivity index (χ2v) is 3.94. The molecule has 2 N–H and O–H groups in total. The quantitative estimate of drug-likeness (QED) is 0.784. The maximum Gasteiger partial charge on any atom is 0.328 e. The highest BCUT2D eigenvalue weighted by atomic mass is 16.4. The molecule has 0 unspecified atom stereocenters. The number of nitrogens with one attached hydrogen (secondary N) is 1. The van der Waals surface area contributed by atoms with Crippen LogP contribution in [0.2, 0.25) is 0 Å². The first-order valence-electron chi connectivity index (χ1n) is 5.31. The molecule has 0 heterocycles. The van der Waals surface area contributed by atoms with Gasteiger partial charge in [-0.3, -0.25) is 4.79 Å². The van der Waals surface area contributed by atoms with Crippen LogP contribution in [0.1, 0.15) is 19.4 Å². The summed E-state index contributed by atoms with van der Waals surface area (Å²) in [7, 11) is 0. The van der Waals surface area contributed by atoms with Gasteiger partial charge in [-0.2, -0.15) is 0 Å². The van der Waals surface area contributed by atoms with E-state index in [9.17, 15) is 9.59 Å². The van der Waals surface area contributed by atoms with Crippen LogP contribution in [0.4, 0.5) is 5.69 Å². The summed E-state index contributed by atoms with van der Waals surface area (Å²) >= 11 is 0. The molecule has 4 nitrogen and oxygen atoms in total. The third kappa shape index (κ3) is 4.51. The summed E-state index contributed by atoms with van der Waals surface area (Å²) in [5.41, 5.74) is 1.39. The number of carbonyl (C=O) groups is 2. The third-order valence-corrected chi connectivity index (χ3v) is 2.10. The highest BCUT2D eigenvalue weighted by molar-refractivity contribution is 5.92. The lowest BCUT2D eigenvalue weighted by Gasteiger charge is -2.07. The number of carboxylic acid groups (broad SMARTS) is 1. The molecule has 0 aromatic heterocycles. The second-order valence-electron chi connectivity index (χ2n) is 3.94. The molecule has 90 valence electrons. The Morgan fingerprint density at radius 1 is 1.35 bits per heavy atom. The normalized spacial score (nSPS) is 10.8. The van der Waals surface area contributed by atoms with Crippen LogP contribution < -0.4 is 5.32 Å². The predicted octanol–water partition coefficient (Wildman–Crippen LogP) is 2.38. The molecule has 1 rings (SSSR count). The van der Waals surface area contributed by atoms with E-state index in [1.165, 1.54) is 6.08 Å². The monoisotopic (exact) mass is 233 g/mol. The van der Waals surface area contributed by atoms with Crippen LogP contribution in [-0.2, 0) is 9.59 Å². The van der Waals surface area contributed by atoms with Crippen molar-refractivity contribution in [2.45, 2.75) is 13.8 Å². The van der Waals surface area contributed by atoms with Crippen LogP contribution in [0.15, 0.2) is 30.3 Å². The van der Waals surface area contributed by atoms with Gasteiger partial charge in [-0.15, -0.1) is 0 Å². The number of anilines is 1. The summed E-state index contributed by atoms with van der Waals surface area (Å²) < 4.78 is 0. The van der Waals surface area contributed by atoms with Gasteiger partial charge in [0.25, 0.3) is 0 Å². The number of hydrogen-bond donors (Lipinski definition) is 2. The van der Waals surface area contributed by atoms with Gasteiger partial charge in [-0.1, -0.05) is 26.0 Å². The third-order valence-electron chi connectivity index (χ3n) is 2.10. The van der Waals surface area contributed by atoms with E-state index in [4.69, 9.17) is 5.11 Å². The smallest absolute Gasteiger partial charge is 0.328 e. The van der Waals surface area contributed by atoms with E-state index >= 15 is 0 Å². The lowest BCUT2D eigenvalue weighted by atomic mass is 10.1. The van der Waals surface area contributed by atoms with Crippen LogP contribution in [0.3, 0.4) is 0 Å². The number of carboxylic acids is 1. The fraction of sp³-hybridized carbons (Fsp3) is 0.231. The van der Waals surface area contributed by atoms with E-state index in [0.717, 1.165) is 11.6 Å². The molecule has 1 amide bonds. The van der Waals surface area contributed by atoms with Crippen LogP contribution >= 0.6 is 0 Å². The van der Waals surface area contributed by atoms with Crippen molar-refractivity contribution < 1.29 is 14.7 Å². The highest BCUT2D eigenvalue weighted by Gasteiger charge is 2.06. The van der Waals surface area contributed by atoms with E-state index in [2.05, 4.69) is 5.32 Å². The second kappa shape index (κ2) is 5.84. The Morgan fingerprint density at radius 2 is 2.06 bits per heavy atom. The Bertz CT molecular complexity index is 450. The molecule has 0 aliphatic heterocycles. The fourth-order valence-electron chi connectivity index (χ4n) is 1.17. The Kier molecular flexibility index (Phi) is 4.46. The molecule has 0 saturated heterocycles. The van der Waals surface area contributed by atoms with Crippen LogP contribution in [-0.4, -0.2) is 17.0 Å². The first-order valence-corrected chi connectivity index (χ1v) is 5.31. The van der Waals surface area contributed by atoms with Crippen molar-refractivity contribution in [3.63, 3.8) is 0 Å². The molecular weight excluding hydrogens is 218 g/mol. The lowest BCUT2D eigenvalue weighted by molar-refractivity contribution is -0.131. The van der Waals surface area contributed by atoms with Gasteiger partial charge >= 0.3 is 5.97 Å². The first-order chi connectivity index (χ1) is 7.99. The molecule has 0 radical (unpaired) electrons. The van der Waals surface area contributed by atoms with Gasteiger partial charge in [-0.05, 0) is 23.8 Å². The molecule has 0 fully saturated rings. The van der Waals surface area contributed by atoms with Crippen molar-refractivity contribution in [2.24, 2.45) is 5.92 Å².